The molecule has 1 aromatic carbocycles. The fourth-order valence-corrected chi connectivity index (χ4v) is 5.19. The molecule has 1 atom stereocenters. The predicted octanol–water partition coefficient (Wildman–Crippen LogP) is 3.66. The minimum Gasteiger partial charge on any atom is -0.497 e. The van der Waals surface area contributed by atoms with Gasteiger partial charge in [-0.25, -0.2) is 0 Å². The molecule has 7 heteroatoms. The molecule has 3 heterocycles. The molecular weight excluding hydrogens is 416 g/mol. The van der Waals surface area contributed by atoms with Crippen LogP contribution in [0.15, 0.2) is 24.3 Å². The lowest BCUT2D eigenvalue weighted by atomic mass is 9.84. The van der Waals surface area contributed by atoms with E-state index in [2.05, 4.69) is 15.2 Å². The van der Waals surface area contributed by atoms with Crippen molar-refractivity contribution in [1.82, 2.24) is 20.1 Å². The summed E-state index contributed by atoms with van der Waals surface area (Å²) in [6.07, 6.45) is 6.71. The van der Waals surface area contributed by atoms with Gasteiger partial charge in [0.25, 0.3) is 5.91 Å². The average molecular weight is 455 g/mol. The number of hydrogen-bond acceptors (Lipinski definition) is 4. The average Bonchev–Trinajstić information content (AvgIpc) is 3.29. The van der Waals surface area contributed by atoms with E-state index in [0.717, 1.165) is 49.0 Å². The van der Waals surface area contributed by atoms with Gasteiger partial charge in [0.2, 0.25) is 5.91 Å². The van der Waals surface area contributed by atoms with E-state index < -0.39 is 0 Å². The maximum absolute atomic E-state index is 13.0. The van der Waals surface area contributed by atoms with Gasteiger partial charge in [0, 0.05) is 42.5 Å². The maximum atomic E-state index is 13.0. The van der Waals surface area contributed by atoms with E-state index in [9.17, 15) is 9.59 Å². The van der Waals surface area contributed by atoms with Crippen LogP contribution in [0.3, 0.4) is 0 Å². The summed E-state index contributed by atoms with van der Waals surface area (Å²) in [5, 5.41) is 4.14. The highest BCUT2D eigenvalue weighted by atomic mass is 16.5. The third-order valence-electron chi connectivity index (χ3n) is 7.41. The fourth-order valence-electron chi connectivity index (χ4n) is 5.19. The zero-order valence-corrected chi connectivity index (χ0v) is 20.1. The largest absolute Gasteiger partial charge is 0.497 e. The molecule has 2 aromatic rings. The van der Waals surface area contributed by atoms with Gasteiger partial charge in [-0.2, -0.15) is 0 Å². The van der Waals surface area contributed by atoms with Crippen LogP contribution in [-0.4, -0.2) is 73.0 Å². The number of ether oxygens (including phenoxy) is 1. The number of hydrogen-bond donors (Lipinski definition) is 2. The van der Waals surface area contributed by atoms with Gasteiger partial charge in [-0.05, 0) is 75.9 Å². The summed E-state index contributed by atoms with van der Waals surface area (Å²) in [4.78, 5) is 33.3. The number of methoxy groups -OCH3 is 1. The van der Waals surface area contributed by atoms with Crippen LogP contribution >= 0.6 is 0 Å². The lowest BCUT2D eigenvalue weighted by molar-refractivity contribution is -0.126. The third-order valence-corrected chi connectivity index (χ3v) is 7.41. The van der Waals surface area contributed by atoms with Gasteiger partial charge in [0.15, 0.2) is 0 Å². The van der Waals surface area contributed by atoms with E-state index in [1.54, 1.807) is 7.11 Å². The number of rotatable bonds is 8. The summed E-state index contributed by atoms with van der Waals surface area (Å²) in [5.74, 6) is 1.25. The molecule has 2 amide bonds. The van der Waals surface area contributed by atoms with Crippen LogP contribution in [0.4, 0.5) is 0 Å². The van der Waals surface area contributed by atoms with Gasteiger partial charge >= 0.3 is 0 Å². The fraction of sp³-hybridized carbons (Fsp3) is 0.615. The second-order valence-corrected chi connectivity index (χ2v) is 9.60. The zero-order chi connectivity index (χ0) is 23.2. The van der Waals surface area contributed by atoms with Crippen molar-refractivity contribution in [1.29, 1.82) is 0 Å². The summed E-state index contributed by atoms with van der Waals surface area (Å²) < 4.78 is 5.27. The van der Waals surface area contributed by atoms with Crippen molar-refractivity contribution in [2.75, 3.05) is 46.4 Å². The Labute approximate surface area is 196 Å². The monoisotopic (exact) mass is 454 g/mol. The highest BCUT2D eigenvalue weighted by molar-refractivity contribution is 5.98. The smallest absolute Gasteiger partial charge is 0.270 e. The topological polar surface area (TPSA) is 77.7 Å². The molecule has 0 bridgehead atoms. The van der Waals surface area contributed by atoms with Crippen LogP contribution in [-0.2, 0) is 4.79 Å². The maximum Gasteiger partial charge on any atom is 0.270 e. The number of nitrogens with zero attached hydrogens (tertiary/aromatic N) is 2. The number of fused-ring (bicyclic) bond motifs is 1. The van der Waals surface area contributed by atoms with E-state index in [1.165, 1.54) is 32.4 Å². The Kier molecular flexibility index (Phi) is 7.91. The Morgan fingerprint density at radius 2 is 1.88 bits per heavy atom. The van der Waals surface area contributed by atoms with Crippen molar-refractivity contribution in [2.45, 2.75) is 45.4 Å². The molecule has 0 aliphatic carbocycles. The minimum atomic E-state index is -0.0159. The number of aromatic amines is 1. The predicted molar refractivity (Wildman–Crippen MR) is 131 cm³/mol. The number of H-pyrrole nitrogens is 1. The van der Waals surface area contributed by atoms with Crippen molar-refractivity contribution < 1.29 is 14.3 Å². The molecular formula is C26H38N4O3. The van der Waals surface area contributed by atoms with Gasteiger partial charge in [-0.1, -0.05) is 13.3 Å². The number of aromatic nitrogens is 1. The third kappa shape index (κ3) is 5.88. The van der Waals surface area contributed by atoms with Crippen molar-refractivity contribution >= 4 is 22.7 Å². The highest BCUT2D eigenvalue weighted by Crippen LogP contribution is 2.27. The van der Waals surface area contributed by atoms with Gasteiger partial charge in [0.05, 0.1) is 7.11 Å². The quantitative estimate of drug-likeness (QED) is 0.597. The molecule has 180 valence electrons. The zero-order valence-electron chi connectivity index (χ0n) is 20.1. The van der Waals surface area contributed by atoms with Crippen molar-refractivity contribution in [3.8, 4) is 5.75 Å². The molecule has 1 unspecified atom stereocenters. The summed E-state index contributed by atoms with van der Waals surface area (Å²) in [6, 6.07) is 7.67. The van der Waals surface area contributed by atoms with E-state index in [-0.39, 0.29) is 17.7 Å². The van der Waals surface area contributed by atoms with Crippen LogP contribution in [0, 0.1) is 11.8 Å². The lowest BCUT2D eigenvalue weighted by Gasteiger charge is -2.34. The Morgan fingerprint density at radius 3 is 2.61 bits per heavy atom. The molecule has 0 spiro atoms. The van der Waals surface area contributed by atoms with Gasteiger partial charge in [0.1, 0.15) is 11.4 Å². The number of amides is 2. The molecule has 2 fully saturated rings. The molecule has 1 aromatic heterocycles. The van der Waals surface area contributed by atoms with Gasteiger partial charge in [-0.15, -0.1) is 0 Å². The Hall–Kier alpha value is -2.54. The van der Waals surface area contributed by atoms with Crippen molar-refractivity contribution in [2.24, 2.45) is 11.8 Å². The van der Waals surface area contributed by atoms with E-state index in [0.29, 0.717) is 24.7 Å². The summed E-state index contributed by atoms with van der Waals surface area (Å²) in [7, 11) is 1.64. The highest BCUT2D eigenvalue weighted by Gasteiger charge is 2.30. The molecule has 2 saturated heterocycles. The van der Waals surface area contributed by atoms with Gasteiger partial charge in [-0.3, -0.25) is 9.59 Å². The first-order valence-electron chi connectivity index (χ1n) is 12.5. The molecule has 2 aliphatic rings. The van der Waals surface area contributed by atoms with Crippen LogP contribution in [0.25, 0.3) is 10.9 Å². The second kappa shape index (κ2) is 11.1. The first kappa shape index (κ1) is 23.6. The van der Waals surface area contributed by atoms with E-state index in [4.69, 9.17) is 4.74 Å². The first-order chi connectivity index (χ1) is 16.0. The molecule has 0 radical (unpaired) electrons. The van der Waals surface area contributed by atoms with E-state index in [1.807, 2.05) is 36.1 Å². The number of likely N-dealkylation sites (tertiary alicyclic amines) is 2. The van der Waals surface area contributed by atoms with Crippen molar-refractivity contribution in [3.63, 3.8) is 0 Å². The number of carbonyl (C=O) groups excluding carboxylic acids is 2. The molecule has 4 rings (SSSR count). The molecule has 33 heavy (non-hydrogen) atoms. The van der Waals surface area contributed by atoms with Gasteiger partial charge < -0.3 is 24.8 Å². The SMILES string of the molecule is COc1ccc2cc(C(=O)N3CCC(C(C)C(=O)NCCCN4CCCCC4)CC3)[nH]c2c1. The first-order valence-corrected chi connectivity index (χ1v) is 12.5. The number of carbonyl (C=O) groups is 2. The molecule has 2 N–H and O–H groups in total. The summed E-state index contributed by atoms with van der Waals surface area (Å²) in [6.45, 7) is 7.65. The second-order valence-electron chi connectivity index (χ2n) is 9.60. The van der Waals surface area contributed by atoms with Crippen LogP contribution in [0.1, 0.15) is 55.9 Å². The van der Waals surface area contributed by atoms with E-state index >= 15 is 0 Å². The summed E-state index contributed by atoms with van der Waals surface area (Å²) in [5.41, 5.74) is 1.51. The minimum absolute atomic E-state index is 0.0159. The number of nitrogens with one attached hydrogen (secondary N) is 2. The van der Waals surface area contributed by atoms with Crippen LogP contribution in [0.5, 0.6) is 5.75 Å². The van der Waals surface area contributed by atoms with Crippen molar-refractivity contribution in [3.05, 3.63) is 30.0 Å². The Balaban J connectivity index is 1.21. The van der Waals surface area contributed by atoms with Crippen LogP contribution in [0.2, 0.25) is 0 Å². The molecule has 7 nitrogen and oxygen atoms in total. The molecule has 0 saturated carbocycles. The Bertz CT molecular complexity index is 942. The molecule has 2 aliphatic heterocycles. The lowest BCUT2D eigenvalue weighted by Crippen LogP contribution is -2.43. The summed E-state index contributed by atoms with van der Waals surface area (Å²) >= 11 is 0. The number of piperidine rings is 2. The Morgan fingerprint density at radius 1 is 1.12 bits per heavy atom. The normalized spacial score (nSPS) is 18.9. The standard InChI is InChI=1S/C26H38N4O3/c1-19(25(31)27-11-6-14-29-12-4-3-5-13-29)20-9-15-30(16-10-20)26(32)24-17-21-7-8-22(33-2)18-23(21)28-24/h7-8,17-20,28H,3-6,9-16H2,1-2H3,(H,27,31). The van der Waals surface area contributed by atoms with Crippen LogP contribution < -0.4 is 10.1 Å². The number of benzene rings is 1.